The molecule has 0 spiro atoms. The average Bonchev–Trinajstić information content (AvgIpc) is 2.62. The second kappa shape index (κ2) is 7.66. The highest BCUT2D eigenvalue weighted by Crippen LogP contribution is 2.21. The molecule has 3 rings (SSSR count). The molecular weight excluding hydrogens is 324 g/mol. The molecule has 0 aromatic heterocycles. The van der Waals surface area contributed by atoms with Gasteiger partial charge in [-0.25, -0.2) is 13.1 Å². The average molecular weight is 350 g/mol. The number of amides is 1. The van der Waals surface area contributed by atoms with Crippen LogP contribution in [0.1, 0.15) is 61.7 Å². The number of nitrogens with one attached hydrogen (secondary N) is 1. The zero-order chi connectivity index (χ0) is 17.0. The lowest BCUT2D eigenvalue weighted by Gasteiger charge is -2.27. The van der Waals surface area contributed by atoms with Crippen molar-refractivity contribution < 1.29 is 13.2 Å². The first-order chi connectivity index (χ1) is 11.6. The summed E-state index contributed by atoms with van der Waals surface area (Å²) in [5, 5.41) is 0. The molecule has 1 aliphatic carbocycles. The summed E-state index contributed by atoms with van der Waals surface area (Å²) in [5.74, 6) is -0.0654. The maximum atomic E-state index is 12.6. The fourth-order valence-corrected chi connectivity index (χ4v) is 4.93. The summed E-state index contributed by atoms with van der Waals surface area (Å²) in [6, 6.07) is 6.47. The van der Waals surface area contributed by atoms with Crippen LogP contribution in [0, 0.1) is 0 Å². The molecule has 1 aromatic rings. The predicted molar refractivity (Wildman–Crippen MR) is 93.4 cm³/mol. The summed E-state index contributed by atoms with van der Waals surface area (Å²) in [6.45, 7) is 1.52. The monoisotopic (exact) mass is 350 g/mol. The van der Waals surface area contributed by atoms with Crippen molar-refractivity contribution in [2.24, 2.45) is 0 Å². The first-order valence-corrected chi connectivity index (χ1v) is 10.5. The summed E-state index contributed by atoms with van der Waals surface area (Å²) < 4.78 is 28.0. The fraction of sp³-hybridized carbons (Fsp3) is 0.611. The van der Waals surface area contributed by atoms with Crippen LogP contribution in [0.4, 0.5) is 0 Å². The highest BCUT2D eigenvalue weighted by atomic mass is 32.2. The summed E-state index contributed by atoms with van der Waals surface area (Å²) in [5.41, 5.74) is 0.461. The van der Waals surface area contributed by atoms with Crippen LogP contribution in [0.5, 0.6) is 0 Å². The van der Waals surface area contributed by atoms with Gasteiger partial charge in [-0.3, -0.25) is 4.79 Å². The minimum Gasteiger partial charge on any atom is -0.339 e. The number of sulfonamides is 1. The molecule has 1 heterocycles. The van der Waals surface area contributed by atoms with E-state index in [-0.39, 0.29) is 16.8 Å². The number of piperidine rings is 1. The molecule has 1 aromatic carbocycles. The highest BCUT2D eigenvalue weighted by molar-refractivity contribution is 7.89. The molecule has 132 valence electrons. The number of hydrogen-bond donors (Lipinski definition) is 1. The van der Waals surface area contributed by atoms with Crippen LogP contribution in [0.25, 0.3) is 0 Å². The molecule has 6 heteroatoms. The molecule has 1 saturated heterocycles. The Bertz CT molecular complexity index is 675. The van der Waals surface area contributed by atoms with Crippen molar-refractivity contribution in [1.29, 1.82) is 0 Å². The van der Waals surface area contributed by atoms with E-state index >= 15 is 0 Å². The van der Waals surface area contributed by atoms with Crippen LogP contribution in [0.15, 0.2) is 29.2 Å². The lowest BCUT2D eigenvalue weighted by Crippen LogP contribution is -2.37. The van der Waals surface area contributed by atoms with Crippen LogP contribution in [0.2, 0.25) is 0 Å². The Morgan fingerprint density at radius 1 is 1.00 bits per heavy atom. The molecule has 0 bridgehead atoms. The number of hydrogen-bond acceptors (Lipinski definition) is 3. The van der Waals surface area contributed by atoms with Crippen molar-refractivity contribution in [3.05, 3.63) is 29.8 Å². The molecule has 2 fully saturated rings. The molecule has 1 saturated carbocycles. The third-order valence-corrected chi connectivity index (χ3v) is 6.48. The van der Waals surface area contributed by atoms with Gasteiger partial charge in [0.1, 0.15) is 0 Å². The Hall–Kier alpha value is -1.40. The molecule has 0 radical (unpaired) electrons. The molecule has 0 unspecified atom stereocenters. The summed E-state index contributed by atoms with van der Waals surface area (Å²) in [7, 11) is -3.57. The Balaban J connectivity index is 1.74. The first-order valence-electron chi connectivity index (χ1n) is 8.98. The standard InChI is InChI=1S/C18H26N2O3S/c21-18(20-12-5-2-6-13-20)15-8-7-11-17(14-15)24(22,23)19-16-9-3-1-4-10-16/h7-8,11,14,16,19H,1-6,9-10,12-13H2. The van der Waals surface area contributed by atoms with Crippen molar-refractivity contribution in [2.45, 2.75) is 62.3 Å². The topological polar surface area (TPSA) is 66.5 Å². The molecule has 1 N–H and O–H groups in total. The van der Waals surface area contributed by atoms with E-state index in [1.54, 1.807) is 18.2 Å². The number of rotatable bonds is 4. The molecule has 24 heavy (non-hydrogen) atoms. The number of benzene rings is 1. The van der Waals surface area contributed by atoms with Gasteiger partial charge in [-0.2, -0.15) is 0 Å². The number of nitrogens with zero attached hydrogens (tertiary/aromatic N) is 1. The normalized spacial score (nSPS) is 20.1. The Labute approximate surface area is 144 Å². The van der Waals surface area contributed by atoms with Crippen molar-refractivity contribution in [3.8, 4) is 0 Å². The Morgan fingerprint density at radius 3 is 2.38 bits per heavy atom. The minimum absolute atomic E-state index is 0.0187. The van der Waals surface area contributed by atoms with E-state index in [0.29, 0.717) is 5.56 Å². The lowest BCUT2D eigenvalue weighted by molar-refractivity contribution is 0.0724. The molecular formula is C18H26N2O3S. The van der Waals surface area contributed by atoms with Gasteiger partial charge < -0.3 is 4.90 Å². The second-order valence-corrected chi connectivity index (χ2v) is 8.55. The van der Waals surface area contributed by atoms with Gasteiger partial charge in [0, 0.05) is 24.7 Å². The van der Waals surface area contributed by atoms with Crippen LogP contribution in [-0.2, 0) is 10.0 Å². The molecule has 1 aliphatic heterocycles. The van der Waals surface area contributed by atoms with E-state index in [9.17, 15) is 13.2 Å². The quantitative estimate of drug-likeness (QED) is 0.908. The zero-order valence-electron chi connectivity index (χ0n) is 14.0. The third-order valence-electron chi connectivity index (χ3n) is 4.96. The van der Waals surface area contributed by atoms with Crippen molar-refractivity contribution in [1.82, 2.24) is 9.62 Å². The summed E-state index contributed by atoms with van der Waals surface area (Å²) >= 11 is 0. The van der Waals surface area contributed by atoms with E-state index in [4.69, 9.17) is 0 Å². The summed E-state index contributed by atoms with van der Waals surface area (Å²) in [4.78, 5) is 14.6. The minimum atomic E-state index is -3.57. The first kappa shape index (κ1) is 17.4. The van der Waals surface area contributed by atoms with Gasteiger partial charge in [-0.1, -0.05) is 25.3 Å². The van der Waals surface area contributed by atoms with Crippen LogP contribution in [-0.4, -0.2) is 38.4 Å². The van der Waals surface area contributed by atoms with Crippen molar-refractivity contribution in [3.63, 3.8) is 0 Å². The second-order valence-electron chi connectivity index (χ2n) is 6.84. The van der Waals surface area contributed by atoms with Gasteiger partial charge in [-0.05, 0) is 50.3 Å². The van der Waals surface area contributed by atoms with Gasteiger partial charge in [-0.15, -0.1) is 0 Å². The third kappa shape index (κ3) is 4.16. The van der Waals surface area contributed by atoms with Crippen molar-refractivity contribution in [2.75, 3.05) is 13.1 Å². The van der Waals surface area contributed by atoms with E-state index in [2.05, 4.69) is 4.72 Å². The summed E-state index contributed by atoms with van der Waals surface area (Å²) in [6.07, 6.45) is 8.31. The van der Waals surface area contributed by atoms with Crippen molar-refractivity contribution >= 4 is 15.9 Å². The number of carbonyl (C=O) groups excluding carboxylic acids is 1. The van der Waals surface area contributed by atoms with E-state index in [1.807, 2.05) is 4.90 Å². The smallest absolute Gasteiger partial charge is 0.253 e. The van der Waals surface area contributed by atoms with Gasteiger partial charge in [0.05, 0.1) is 4.90 Å². The SMILES string of the molecule is O=C(c1cccc(S(=O)(=O)NC2CCCCC2)c1)N1CCCCC1. The van der Waals surface area contributed by atoms with Crippen LogP contribution in [0.3, 0.4) is 0 Å². The predicted octanol–water partition coefficient (Wildman–Crippen LogP) is 2.92. The molecule has 0 atom stereocenters. The zero-order valence-corrected chi connectivity index (χ0v) is 14.9. The van der Waals surface area contributed by atoms with Gasteiger partial charge in [0.15, 0.2) is 0 Å². The van der Waals surface area contributed by atoms with Gasteiger partial charge >= 0.3 is 0 Å². The maximum Gasteiger partial charge on any atom is 0.253 e. The van der Waals surface area contributed by atoms with E-state index in [0.717, 1.165) is 58.0 Å². The van der Waals surface area contributed by atoms with Crippen LogP contribution < -0.4 is 4.72 Å². The van der Waals surface area contributed by atoms with E-state index < -0.39 is 10.0 Å². The maximum absolute atomic E-state index is 12.6. The fourth-order valence-electron chi connectivity index (χ4n) is 3.58. The van der Waals surface area contributed by atoms with E-state index in [1.165, 1.54) is 12.5 Å². The molecule has 2 aliphatic rings. The Kier molecular flexibility index (Phi) is 5.56. The largest absolute Gasteiger partial charge is 0.339 e. The lowest BCUT2D eigenvalue weighted by atomic mass is 9.96. The Morgan fingerprint density at radius 2 is 1.67 bits per heavy atom. The van der Waals surface area contributed by atoms with Gasteiger partial charge in [0.25, 0.3) is 5.91 Å². The molecule has 5 nitrogen and oxygen atoms in total. The number of carbonyl (C=O) groups is 1. The molecule has 1 amide bonds. The number of likely N-dealkylation sites (tertiary alicyclic amines) is 1. The van der Waals surface area contributed by atoms with Crippen LogP contribution >= 0.6 is 0 Å². The highest BCUT2D eigenvalue weighted by Gasteiger charge is 2.24. The van der Waals surface area contributed by atoms with Gasteiger partial charge in [0.2, 0.25) is 10.0 Å².